The maximum absolute atomic E-state index is 13.6. The third-order valence-electron chi connectivity index (χ3n) is 3.50. The number of para-hydroxylation sites is 1. The van der Waals surface area contributed by atoms with Crippen LogP contribution in [0, 0.1) is 11.6 Å². The first-order valence-corrected chi connectivity index (χ1v) is 6.69. The molecule has 0 saturated carbocycles. The zero-order valence-electron chi connectivity index (χ0n) is 11.4. The van der Waals surface area contributed by atoms with Gasteiger partial charge in [-0.1, -0.05) is 18.2 Å². The van der Waals surface area contributed by atoms with Crippen molar-refractivity contribution >= 4 is 23.2 Å². The van der Waals surface area contributed by atoms with Crippen LogP contribution in [-0.2, 0) is 9.59 Å². The van der Waals surface area contributed by atoms with Crippen molar-refractivity contribution in [1.29, 1.82) is 0 Å². The van der Waals surface area contributed by atoms with Gasteiger partial charge in [0.25, 0.3) is 0 Å². The zero-order chi connectivity index (χ0) is 15.7. The second-order valence-electron chi connectivity index (χ2n) is 5.01. The molecule has 1 aliphatic heterocycles. The van der Waals surface area contributed by atoms with Crippen molar-refractivity contribution in [2.24, 2.45) is 0 Å². The average molecular weight is 302 g/mol. The molecule has 1 heterocycles. The van der Waals surface area contributed by atoms with Gasteiger partial charge in [0.2, 0.25) is 11.8 Å². The quantitative estimate of drug-likeness (QED) is 0.896. The Labute approximate surface area is 125 Å². The Balaban J connectivity index is 1.90. The van der Waals surface area contributed by atoms with E-state index in [0.717, 1.165) is 6.07 Å². The van der Waals surface area contributed by atoms with E-state index in [1.165, 1.54) is 30.3 Å². The highest BCUT2D eigenvalue weighted by Gasteiger charge is 2.31. The number of halogens is 2. The Morgan fingerprint density at radius 3 is 2.73 bits per heavy atom. The fraction of sp³-hybridized carbons (Fsp3) is 0.125. The van der Waals surface area contributed by atoms with Gasteiger partial charge in [0.1, 0.15) is 11.6 Å². The molecule has 1 atom stereocenters. The summed E-state index contributed by atoms with van der Waals surface area (Å²) in [6, 6.07) is 9.60. The van der Waals surface area contributed by atoms with E-state index in [9.17, 15) is 18.4 Å². The highest BCUT2D eigenvalue weighted by Crippen LogP contribution is 2.33. The SMILES string of the molecule is O=C1CC(C(=O)Nc2ccccc2F)c2ccc(F)cc2N1. The van der Waals surface area contributed by atoms with E-state index in [-0.39, 0.29) is 23.7 Å². The van der Waals surface area contributed by atoms with E-state index in [0.29, 0.717) is 5.56 Å². The summed E-state index contributed by atoms with van der Waals surface area (Å²) in [6.45, 7) is 0. The molecule has 0 radical (unpaired) electrons. The smallest absolute Gasteiger partial charge is 0.232 e. The molecule has 0 aromatic heterocycles. The number of fused-ring (bicyclic) bond motifs is 1. The lowest BCUT2D eigenvalue weighted by atomic mass is 9.89. The Morgan fingerprint density at radius 2 is 1.95 bits per heavy atom. The highest BCUT2D eigenvalue weighted by molar-refractivity contribution is 6.05. The Hall–Kier alpha value is -2.76. The molecule has 112 valence electrons. The molecule has 2 N–H and O–H groups in total. The average Bonchev–Trinajstić information content (AvgIpc) is 2.48. The molecule has 0 spiro atoms. The summed E-state index contributed by atoms with van der Waals surface area (Å²) in [4.78, 5) is 24.0. The fourth-order valence-electron chi connectivity index (χ4n) is 2.45. The monoisotopic (exact) mass is 302 g/mol. The first kappa shape index (κ1) is 14.2. The van der Waals surface area contributed by atoms with Gasteiger partial charge < -0.3 is 10.6 Å². The van der Waals surface area contributed by atoms with Crippen LogP contribution in [-0.4, -0.2) is 11.8 Å². The van der Waals surface area contributed by atoms with Crippen LogP contribution in [0.2, 0.25) is 0 Å². The largest absolute Gasteiger partial charge is 0.326 e. The van der Waals surface area contributed by atoms with Gasteiger partial charge >= 0.3 is 0 Å². The van der Waals surface area contributed by atoms with Gasteiger partial charge in [-0.3, -0.25) is 9.59 Å². The molecule has 6 heteroatoms. The number of amides is 2. The molecule has 3 rings (SSSR count). The first-order valence-electron chi connectivity index (χ1n) is 6.69. The van der Waals surface area contributed by atoms with Crippen LogP contribution < -0.4 is 10.6 Å². The summed E-state index contributed by atoms with van der Waals surface area (Å²) in [5.74, 6) is -2.74. The van der Waals surface area contributed by atoms with Crippen molar-refractivity contribution in [3.63, 3.8) is 0 Å². The highest BCUT2D eigenvalue weighted by atomic mass is 19.1. The molecule has 4 nitrogen and oxygen atoms in total. The summed E-state index contributed by atoms with van der Waals surface area (Å²) < 4.78 is 26.8. The van der Waals surface area contributed by atoms with Gasteiger partial charge in [-0.2, -0.15) is 0 Å². The molecule has 22 heavy (non-hydrogen) atoms. The fourth-order valence-corrected chi connectivity index (χ4v) is 2.45. The molecule has 0 bridgehead atoms. The van der Waals surface area contributed by atoms with E-state index in [1.807, 2.05) is 0 Å². The molecule has 0 saturated heterocycles. The maximum atomic E-state index is 13.6. The number of nitrogens with one attached hydrogen (secondary N) is 2. The number of carbonyl (C=O) groups is 2. The molecule has 0 aliphatic carbocycles. The minimum atomic E-state index is -0.788. The van der Waals surface area contributed by atoms with E-state index in [2.05, 4.69) is 10.6 Å². The van der Waals surface area contributed by atoms with Gasteiger partial charge in [0.15, 0.2) is 0 Å². The van der Waals surface area contributed by atoms with Gasteiger partial charge in [0.05, 0.1) is 11.6 Å². The molecule has 2 amide bonds. The Kier molecular flexibility index (Phi) is 3.58. The van der Waals surface area contributed by atoms with Gasteiger partial charge in [-0.25, -0.2) is 8.78 Å². The molecular weight excluding hydrogens is 290 g/mol. The van der Waals surface area contributed by atoms with Gasteiger partial charge in [-0.05, 0) is 29.8 Å². The van der Waals surface area contributed by atoms with Crippen LogP contribution in [0.25, 0.3) is 0 Å². The van der Waals surface area contributed by atoms with E-state index < -0.39 is 23.5 Å². The van der Waals surface area contributed by atoms with Gasteiger partial charge in [0, 0.05) is 12.1 Å². The molecule has 1 aliphatic rings. The zero-order valence-corrected chi connectivity index (χ0v) is 11.4. The summed E-state index contributed by atoms with van der Waals surface area (Å²) in [5.41, 5.74) is 0.821. The third-order valence-corrected chi connectivity index (χ3v) is 3.50. The lowest BCUT2D eigenvalue weighted by Crippen LogP contribution is -2.31. The van der Waals surface area contributed by atoms with Crippen LogP contribution in [0.3, 0.4) is 0 Å². The number of benzene rings is 2. The van der Waals surface area contributed by atoms with Crippen LogP contribution >= 0.6 is 0 Å². The predicted octanol–water partition coefficient (Wildman–Crippen LogP) is 3.03. The van der Waals surface area contributed by atoms with Crippen molar-refractivity contribution < 1.29 is 18.4 Å². The van der Waals surface area contributed by atoms with Crippen LogP contribution in [0.5, 0.6) is 0 Å². The predicted molar refractivity (Wildman–Crippen MR) is 77.4 cm³/mol. The molecule has 2 aromatic rings. The second-order valence-corrected chi connectivity index (χ2v) is 5.01. The first-order chi connectivity index (χ1) is 10.5. The number of rotatable bonds is 2. The van der Waals surface area contributed by atoms with Crippen molar-refractivity contribution in [2.45, 2.75) is 12.3 Å². The molecular formula is C16H12F2N2O2. The number of hydrogen-bond donors (Lipinski definition) is 2. The van der Waals surface area contributed by atoms with E-state index in [4.69, 9.17) is 0 Å². The summed E-state index contributed by atoms with van der Waals surface area (Å²) in [7, 11) is 0. The number of hydrogen-bond acceptors (Lipinski definition) is 2. The van der Waals surface area contributed by atoms with Crippen molar-refractivity contribution in [3.05, 3.63) is 59.7 Å². The molecule has 2 aromatic carbocycles. The van der Waals surface area contributed by atoms with Crippen molar-refractivity contribution in [2.75, 3.05) is 10.6 Å². The summed E-state index contributed by atoms with van der Waals surface area (Å²) in [5, 5.41) is 5.00. The third kappa shape index (κ3) is 2.67. The number of carbonyl (C=O) groups excluding carboxylic acids is 2. The second kappa shape index (κ2) is 5.55. The molecule has 0 fully saturated rings. The topological polar surface area (TPSA) is 58.2 Å². The minimum Gasteiger partial charge on any atom is -0.326 e. The van der Waals surface area contributed by atoms with E-state index in [1.54, 1.807) is 6.07 Å². The summed E-state index contributed by atoms with van der Waals surface area (Å²) >= 11 is 0. The van der Waals surface area contributed by atoms with Crippen molar-refractivity contribution in [1.82, 2.24) is 0 Å². The van der Waals surface area contributed by atoms with E-state index >= 15 is 0 Å². The number of anilines is 2. The maximum Gasteiger partial charge on any atom is 0.232 e. The lowest BCUT2D eigenvalue weighted by Gasteiger charge is -2.25. The van der Waals surface area contributed by atoms with Crippen LogP contribution in [0.4, 0.5) is 20.2 Å². The standard InChI is InChI=1S/C16H12F2N2O2/c17-9-5-6-10-11(8-15(21)19-14(10)7-9)16(22)20-13-4-2-1-3-12(13)18/h1-7,11H,8H2,(H,19,21)(H,20,22). The normalized spacial score (nSPS) is 16.6. The minimum absolute atomic E-state index is 0.0437. The van der Waals surface area contributed by atoms with Crippen LogP contribution in [0.15, 0.2) is 42.5 Å². The van der Waals surface area contributed by atoms with Crippen molar-refractivity contribution in [3.8, 4) is 0 Å². The Morgan fingerprint density at radius 1 is 1.18 bits per heavy atom. The lowest BCUT2D eigenvalue weighted by molar-refractivity contribution is -0.123. The Bertz CT molecular complexity index is 762. The molecule has 1 unspecified atom stereocenters. The van der Waals surface area contributed by atoms with Crippen LogP contribution in [0.1, 0.15) is 17.9 Å². The van der Waals surface area contributed by atoms with Gasteiger partial charge in [-0.15, -0.1) is 0 Å². The summed E-state index contributed by atoms with van der Waals surface area (Å²) in [6.07, 6.45) is -0.0705.